The van der Waals surface area contributed by atoms with E-state index in [1.807, 2.05) is 12.1 Å². The van der Waals surface area contributed by atoms with Gasteiger partial charge in [-0.05, 0) is 62.5 Å². The van der Waals surface area contributed by atoms with Gasteiger partial charge in [-0.1, -0.05) is 23.7 Å². The predicted molar refractivity (Wildman–Crippen MR) is 73.1 cm³/mol. The Kier molecular flexibility index (Phi) is 4.84. The molecule has 2 N–H and O–H groups in total. The number of nitrogens with zero attached hydrogens (tertiary/aromatic N) is 1. The number of likely N-dealkylation sites (tertiary alicyclic amines) is 1. The molecule has 1 aliphatic heterocycles. The molecule has 17 heavy (non-hydrogen) atoms. The van der Waals surface area contributed by atoms with Crippen molar-refractivity contribution in [3.8, 4) is 0 Å². The highest BCUT2D eigenvalue weighted by Crippen LogP contribution is 2.21. The molecule has 1 aliphatic rings. The second-order valence-corrected chi connectivity index (χ2v) is 5.36. The summed E-state index contributed by atoms with van der Waals surface area (Å²) in [6.45, 7) is 4.24. The summed E-state index contributed by atoms with van der Waals surface area (Å²) in [5, 5.41) is 0.834. The van der Waals surface area contributed by atoms with Gasteiger partial charge in [0.2, 0.25) is 0 Å². The minimum Gasteiger partial charge on any atom is -0.330 e. The number of rotatable bonds is 4. The van der Waals surface area contributed by atoms with Crippen molar-refractivity contribution in [1.29, 1.82) is 0 Å². The van der Waals surface area contributed by atoms with Crippen LogP contribution in [0.25, 0.3) is 0 Å². The third kappa shape index (κ3) is 3.98. The van der Waals surface area contributed by atoms with E-state index < -0.39 is 0 Å². The zero-order valence-corrected chi connectivity index (χ0v) is 11.0. The van der Waals surface area contributed by atoms with E-state index in [1.54, 1.807) is 0 Å². The quantitative estimate of drug-likeness (QED) is 0.893. The lowest BCUT2D eigenvalue weighted by Gasteiger charge is -2.31. The Morgan fingerprint density at radius 2 is 2.06 bits per heavy atom. The first-order valence-corrected chi connectivity index (χ1v) is 6.82. The fourth-order valence-corrected chi connectivity index (χ4v) is 2.78. The fourth-order valence-electron chi connectivity index (χ4n) is 2.56. The van der Waals surface area contributed by atoms with Gasteiger partial charge in [-0.25, -0.2) is 0 Å². The molecular formula is C14H21ClN2. The maximum absolute atomic E-state index is 5.99. The number of hydrogen-bond acceptors (Lipinski definition) is 2. The first kappa shape index (κ1) is 12.9. The average Bonchev–Trinajstić information content (AvgIpc) is 2.32. The Balaban J connectivity index is 1.82. The molecule has 2 nitrogen and oxygen atoms in total. The third-order valence-corrected chi connectivity index (χ3v) is 3.81. The number of halogens is 1. The van der Waals surface area contributed by atoms with Crippen molar-refractivity contribution in [2.24, 2.45) is 11.7 Å². The SMILES string of the molecule is NCCC1CCN(Cc2cccc(Cl)c2)CC1. The Bertz CT molecular complexity index is 346. The van der Waals surface area contributed by atoms with Crippen LogP contribution in [0.5, 0.6) is 0 Å². The Labute approximate surface area is 109 Å². The molecule has 94 valence electrons. The molecule has 0 aromatic heterocycles. The average molecular weight is 253 g/mol. The van der Waals surface area contributed by atoms with Gasteiger partial charge in [0.05, 0.1) is 0 Å². The van der Waals surface area contributed by atoms with Crippen LogP contribution in [0.2, 0.25) is 5.02 Å². The van der Waals surface area contributed by atoms with Gasteiger partial charge in [-0.15, -0.1) is 0 Å². The molecule has 1 fully saturated rings. The lowest BCUT2D eigenvalue weighted by Crippen LogP contribution is -2.33. The maximum Gasteiger partial charge on any atom is 0.0409 e. The van der Waals surface area contributed by atoms with E-state index in [2.05, 4.69) is 17.0 Å². The van der Waals surface area contributed by atoms with E-state index in [1.165, 1.54) is 37.9 Å². The first-order chi connectivity index (χ1) is 8.28. The molecule has 1 heterocycles. The fraction of sp³-hybridized carbons (Fsp3) is 0.571. The summed E-state index contributed by atoms with van der Waals surface area (Å²) in [6, 6.07) is 8.17. The number of benzene rings is 1. The number of nitrogens with two attached hydrogens (primary N) is 1. The van der Waals surface area contributed by atoms with Gasteiger partial charge in [0, 0.05) is 11.6 Å². The highest BCUT2D eigenvalue weighted by atomic mass is 35.5. The smallest absolute Gasteiger partial charge is 0.0409 e. The molecule has 0 amide bonds. The zero-order chi connectivity index (χ0) is 12.1. The summed E-state index contributed by atoms with van der Waals surface area (Å²) in [6.07, 6.45) is 3.76. The van der Waals surface area contributed by atoms with E-state index >= 15 is 0 Å². The molecule has 2 rings (SSSR count). The summed E-state index contributed by atoms with van der Waals surface area (Å²) < 4.78 is 0. The van der Waals surface area contributed by atoms with E-state index in [-0.39, 0.29) is 0 Å². The minimum atomic E-state index is 0.832. The topological polar surface area (TPSA) is 29.3 Å². The molecule has 0 spiro atoms. The van der Waals surface area contributed by atoms with E-state index in [9.17, 15) is 0 Å². The summed E-state index contributed by atoms with van der Waals surface area (Å²) in [5.74, 6) is 0.843. The molecule has 3 heteroatoms. The molecule has 1 aromatic rings. The highest BCUT2D eigenvalue weighted by molar-refractivity contribution is 6.30. The highest BCUT2D eigenvalue weighted by Gasteiger charge is 2.18. The lowest BCUT2D eigenvalue weighted by molar-refractivity contribution is 0.173. The monoisotopic (exact) mass is 252 g/mol. The molecule has 0 atom stereocenters. The van der Waals surface area contributed by atoms with Gasteiger partial charge < -0.3 is 5.73 Å². The van der Waals surface area contributed by atoms with Gasteiger partial charge in [-0.2, -0.15) is 0 Å². The van der Waals surface area contributed by atoms with E-state index in [0.717, 1.165) is 24.0 Å². The summed E-state index contributed by atoms with van der Waals surface area (Å²) in [5.41, 5.74) is 6.92. The first-order valence-electron chi connectivity index (χ1n) is 6.45. The van der Waals surface area contributed by atoms with Crippen LogP contribution in [-0.4, -0.2) is 24.5 Å². The Morgan fingerprint density at radius 1 is 1.29 bits per heavy atom. The molecule has 1 aromatic carbocycles. The molecular weight excluding hydrogens is 232 g/mol. The summed E-state index contributed by atoms with van der Waals surface area (Å²) >= 11 is 5.99. The van der Waals surface area contributed by atoms with Crippen molar-refractivity contribution in [3.63, 3.8) is 0 Å². The lowest BCUT2D eigenvalue weighted by atomic mass is 9.93. The van der Waals surface area contributed by atoms with Gasteiger partial charge in [0.1, 0.15) is 0 Å². The molecule has 0 aliphatic carbocycles. The standard InChI is InChI=1S/C14H21ClN2/c15-14-3-1-2-13(10-14)11-17-8-5-12(4-7-16)6-9-17/h1-3,10,12H,4-9,11,16H2. The van der Waals surface area contributed by atoms with Crippen LogP contribution in [0.3, 0.4) is 0 Å². The van der Waals surface area contributed by atoms with Crippen LogP contribution in [0, 0.1) is 5.92 Å². The van der Waals surface area contributed by atoms with Crippen molar-refractivity contribution >= 4 is 11.6 Å². The van der Waals surface area contributed by atoms with Gasteiger partial charge in [0.15, 0.2) is 0 Å². The van der Waals surface area contributed by atoms with Gasteiger partial charge in [-0.3, -0.25) is 4.90 Å². The number of piperidine rings is 1. The predicted octanol–water partition coefficient (Wildman–Crippen LogP) is 2.90. The second-order valence-electron chi connectivity index (χ2n) is 4.93. The third-order valence-electron chi connectivity index (χ3n) is 3.58. The van der Waals surface area contributed by atoms with Crippen molar-refractivity contribution in [3.05, 3.63) is 34.9 Å². The van der Waals surface area contributed by atoms with Crippen LogP contribution < -0.4 is 5.73 Å². The van der Waals surface area contributed by atoms with Crippen LogP contribution in [0.15, 0.2) is 24.3 Å². The normalized spacial score (nSPS) is 18.5. The van der Waals surface area contributed by atoms with E-state index in [0.29, 0.717) is 0 Å². The van der Waals surface area contributed by atoms with Crippen LogP contribution in [-0.2, 0) is 6.54 Å². The van der Waals surface area contributed by atoms with Crippen molar-refractivity contribution in [2.45, 2.75) is 25.8 Å². The van der Waals surface area contributed by atoms with Gasteiger partial charge in [0.25, 0.3) is 0 Å². The number of hydrogen-bond donors (Lipinski definition) is 1. The molecule has 0 bridgehead atoms. The van der Waals surface area contributed by atoms with Crippen molar-refractivity contribution in [1.82, 2.24) is 4.90 Å². The molecule has 0 saturated carbocycles. The Hall–Kier alpha value is -0.570. The maximum atomic E-state index is 5.99. The second kappa shape index (κ2) is 6.39. The van der Waals surface area contributed by atoms with Crippen LogP contribution in [0.1, 0.15) is 24.8 Å². The minimum absolute atomic E-state index is 0.832. The Morgan fingerprint density at radius 3 is 2.71 bits per heavy atom. The largest absolute Gasteiger partial charge is 0.330 e. The zero-order valence-electron chi connectivity index (χ0n) is 10.2. The molecule has 0 radical (unpaired) electrons. The van der Waals surface area contributed by atoms with Gasteiger partial charge >= 0.3 is 0 Å². The molecule has 1 saturated heterocycles. The van der Waals surface area contributed by atoms with Crippen LogP contribution in [0.4, 0.5) is 0 Å². The van der Waals surface area contributed by atoms with Crippen molar-refractivity contribution in [2.75, 3.05) is 19.6 Å². The summed E-state index contributed by atoms with van der Waals surface area (Å²) in [4.78, 5) is 2.51. The van der Waals surface area contributed by atoms with Crippen LogP contribution >= 0.6 is 11.6 Å². The summed E-state index contributed by atoms with van der Waals surface area (Å²) in [7, 11) is 0. The molecule has 0 unspecified atom stereocenters. The van der Waals surface area contributed by atoms with E-state index in [4.69, 9.17) is 17.3 Å². The van der Waals surface area contributed by atoms with Crippen molar-refractivity contribution < 1.29 is 0 Å².